The molecule has 2 aromatic heterocycles. The van der Waals surface area contributed by atoms with Gasteiger partial charge in [-0.3, -0.25) is 0 Å². The van der Waals surface area contributed by atoms with Gasteiger partial charge in [0, 0.05) is 17.5 Å². The van der Waals surface area contributed by atoms with Crippen LogP contribution in [0.1, 0.15) is 23.8 Å². The van der Waals surface area contributed by atoms with Gasteiger partial charge >= 0.3 is 6.03 Å². The van der Waals surface area contributed by atoms with Gasteiger partial charge in [-0.05, 0) is 30.4 Å². The van der Waals surface area contributed by atoms with E-state index in [1.54, 1.807) is 36.8 Å². The molecule has 2 aromatic rings. The Labute approximate surface area is 127 Å². The molecule has 6 heteroatoms. The lowest BCUT2D eigenvalue weighted by atomic mass is 10.2. The molecule has 0 aromatic carbocycles. The number of methoxy groups -OCH3 is 1. The van der Waals surface area contributed by atoms with Crippen molar-refractivity contribution in [1.29, 1.82) is 0 Å². The summed E-state index contributed by atoms with van der Waals surface area (Å²) in [5, 5.41) is 4.95. The number of amides is 2. The SMILES string of the molecule is COc1ccc(NC(=O)N2CCCC2c2cccs2)cn1. The summed E-state index contributed by atoms with van der Waals surface area (Å²) in [6, 6.07) is 7.77. The van der Waals surface area contributed by atoms with Crippen LogP contribution in [0.2, 0.25) is 0 Å². The summed E-state index contributed by atoms with van der Waals surface area (Å²) in [4.78, 5) is 19.7. The van der Waals surface area contributed by atoms with E-state index in [1.165, 1.54) is 4.88 Å². The molecule has 0 aliphatic carbocycles. The van der Waals surface area contributed by atoms with E-state index in [-0.39, 0.29) is 12.1 Å². The van der Waals surface area contributed by atoms with Gasteiger partial charge in [-0.1, -0.05) is 6.07 Å². The first kappa shape index (κ1) is 13.9. The maximum atomic E-state index is 12.4. The van der Waals surface area contributed by atoms with Gasteiger partial charge in [0.1, 0.15) is 0 Å². The Hall–Kier alpha value is -2.08. The molecule has 0 bridgehead atoms. The maximum absolute atomic E-state index is 12.4. The van der Waals surface area contributed by atoms with Gasteiger partial charge in [-0.2, -0.15) is 0 Å². The molecule has 3 rings (SSSR count). The van der Waals surface area contributed by atoms with Crippen LogP contribution in [0.25, 0.3) is 0 Å². The molecule has 0 saturated carbocycles. The average molecular weight is 303 g/mol. The highest BCUT2D eigenvalue weighted by Crippen LogP contribution is 2.34. The number of thiophene rings is 1. The zero-order valence-electron chi connectivity index (χ0n) is 11.8. The molecule has 21 heavy (non-hydrogen) atoms. The lowest BCUT2D eigenvalue weighted by molar-refractivity contribution is 0.208. The second kappa shape index (κ2) is 6.13. The van der Waals surface area contributed by atoms with Crippen molar-refractivity contribution in [2.45, 2.75) is 18.9 Å². The molecule has 0 spiro atoms. The van der Waals surface area contributed by atoms with Gasteiger partial charge in [-0.25, -0.2) is 9.78 Å². The van der Waals surface area contributed by atoms with E-state index in [0.29, 0.717) is 11.6 Å². The summed E-state index contributed by atoms with van der Waals surface area (Å²) in [6.45, 7) is 0.790. The average Bonchev–Trinajstić information content (AvgIpc) is 3.18. The molecule has 0 radical (unpaired) electrons. The third-order valence-electron chi connectivity index (χ3n) is 3.58. The Kier molecular flexibility index (Phi) is 4.06. The highest BCUT2D eigenvalue weighted by molar-refractivity contribution is 7.10. The lowest BCUT2D eigenvalue weighted by Crippen LogP contribution is -2.34. The number of nitrogens with zero attached hydrogens (tertiary/aromatic N) is 2. The first-order chi connectivity index (χ1) is 10.3. The van der Waals surface area contributed by atoms with Crippen LogP contribution < -0.4 is 10.1 Å². The topological polar surface area (TPSA) is 54.5 Å². The van der Waals surface area contributed by atoms with E-state index in [4.69, 9.17) is 4.74 Å². The van der Waals surface area contributed by atoms with Crippen molar-refractivity contribution in [3.05, 3.63) is 40.7 Å². The Morgan fingerprint density at radius 1 is 1.48 bits per heavy atom. The summed E-state index contributed by atoms with van der Waals surface area (Å²) >= 11 is 1.70. The molecular formula is C15H17N3O2S. The van der Waals surface area contributed by atoms with Gasteiger partial charge < -0.3 is 15.0 Å². The molecule has 1 unspecified atom stereocenters. The third kappa shape index (κ3) is 3.00. The van der Waals surface area contributed by atoms with Crippen LogP contribution in [0.3, 0.4) is 0 Å². The monoisotopic (exact) mass is 303 g/mol. The number of carbonyl (C=O) groups excluding carboxylic acids is 1. The highest BCUT2D eigenvalue weighted by atomic mass is 32.1. The van der Waals surface area contributed by atoms with Crippen LogP contribution in [0, 0.1) is 0 Å². The van der Waals surface area contributed by atoms with Crippen molar-refractivity contribution in [3.63, 3.8) is 0 Å². The number of hydrogen-bond acceptors (Lipinski definition) is 4. The molecule has 110 valence electrons. The fourth-order valence-electron chi connectivity index (χ4n) is 2.56. The predicted molar refractivity (Wildman–Crippen MR) is 82.8 cm³/mol. The Morgan fingerprint density at radius 2 is 2.38 bits per heavy atom. The number of aromatic nitrogens is 1. The smallest absolute Gasteiger partial charge is 0.322 e. The minimum absolute atomic E-state index is 0.0714. The number of urea groups is 1. The summed E-state index contributed by atoms with van der Waals surface area (Å²) in [7, 11) is 1.57. The molecule has 1 aliphatic heterocycles. The molecule has 1 N–H and O–H groups in total. The van der Waals surface area contributed by atoms with Crippen LogP contribution in [-0.2, 0) is 0 Å². The van der Waals surface area contributed by atoms with E-state index in [2.05, 4.69) is 21.7 Å². The standard InChI is InChI=1S/C15H17N3O2S/c1-20-14-7-6-11(10-16-14)17-15(19)18-8-2-4-12(18)13-5-3-9-21-13/h3,5-7,9-10,12H,2,4,8H2,1H3,(H,17,19). The van der Waals surface area contributed by atoms with Crippen LogP contribution >= 0.6 is 11.3 Å². The number of pyridine rings is 1. The fourth-order valence-corrected chi connectivity index (χ4v) is 3.43. The summed E-state index contributed by atoms with van der Waals surface area (Å²) in [5.41, 5.74) is 0.678. The van der Waals surface area contributed by atoms with Gasteiger partial charge in [-0.15, -0.1) is 11.3 Å². The number of hydrogen-bond donors (Lipinski definition) is 1. The molecule has 1 saturated heterocycles. The number of likely N-dealkylation sites (tertiary alicyclic amines) is 1. The van der Waals surface area contributed by atoms with Gasteiger partial charge in [0.05, 0.1) is 25.0 Å². The molecule has 1 fully saturated rings. The molecule has 1 aliphatic rings. The van der Waals surface area contributed by atoms with E-state index < -0.39 is 0 Å². The quantitative estimate of drug-likeness (QED) is 0.944. The minimum atomic E-state index is -0.0714. The third-order valence-corrected chi connectivity index (χ3v) is 4.56. The molecule has 1 atom stereocenters. The minimum Gasteiger partial charge on any atom is -0.481 e. The Bertz CT molecular complexity index is 598. The van der Waals surface area contributed by atoms with Crippen LogP contribution in [-0.4, -0.2) is 29.6 Å². The number of nitrogens with one attached hydrogen (secondary N) is 1. The van der Waals surface area contributed by atoms with Crippen molar-refractivity contribution < 1.29 is 9.53 Å². The Balaban J connectivity index is 1.69. The first-order valence-electron chi connectivity index (χ1n) is 6.89. The van der Waals surface area contributed by atoms with E-state index in [9.17, 15) is 4.79 Å². The largest absolute Gasteiger partial charge is 0.481 e. The van der Waals surface area contributed by atoms with Crippen LogP contribution in [0.15, 0.2) is 35.8 Å². The van der Waals surface area contributed by atoms with E-state index in [1.807, 2.05) is 11.0 Å². The number of carbonyl (C=O) groups is 1. The number of ether oxygens (including phenoxy) is 1. The van der Waals surface area contributed by atoms with Gasteiger partial charge in [0.25, 0.3) is 0 Å². The normalized spacial score (nSPS) is 17.8. The van der Waals surface area contributed by atoms with E-state index >= 15 is 0 Å². The summed E-state index contributed by atoms with van der Waals surface area (Å²) in [6.07, 6.45) is 3.67. The zero-order chi connectivity index (χ0) is 14.7. The Morgan fingerprint density at radius 3 is 3.05 bits per heavy atom. The summed E-state index contributed by atoms with van der Waals surface area (Å²) in [5.74, 6) is 0.533. The maximum Gasteiger partial charge on any atom is 0.322 e. The lowest BCUT2D eigenvalue weighted by Gasteiger charge is -2.24. The first-order valence-corrected chi connectivity index (χ1v) is 7.77. The fraction of sp³-hybridized carbons (Fsp3) is 0.333. The molecule has 2 amide bonds. The molecule has 3 heterocycles. The van der Waals surface area contributed by atoms with Crippen molar-refractivity contribution in [1.82, 2.24) is 9.88 Å². The second-order valence-electron chi connectivity index (χ2n) is 4.89. The van der Waals surface area contributed by atoms with Crippen molar-refractivity contribution in [2.75, 3.05) is 19.0 Å². The van der Waals surface area contributed by atoms with Crippen molar-refractivity contribution >= 4 is 23.1 Å². The number of rotatable bonds is 3. The van der Waals surface area contributed by atoms with E-state index in [0.717, 1.165) is 19.4 Å². The van der Waals surface area contributed by atoms with Gasteiger partial charge in [0.2, 0.25) is 5.88 Å². The molecule has 5 nitrogen and oxygen atoms in total. The van der Waals surface area contributed by atoms with Crippen molar-refractivity contribution in [2.24, 2.45) is 0 Å². The zero-order valence-corrected chi connectivity index (χ0v) is 12.6. The van der Waals surface area contributed by atoms with Crippen LogP contribution in [0.4, 0.5) is 10.5 Å². The number of anilines is 1. The predicted octanol–water partition coefficient (Wildman–Crippen LogP) is 3.52. The summed E-state index contributed by atoms with van der Waals surface area (Å²) < 4.78 is 5.01. The highest BCUT2D eigenvalue weighted by Gasteiger charge is 2.30. The second-order valence-corrected chi connectivity index (χ2v) is 5.87. The van der Waals surface area contributed by atoms with Crippen LogP contribution in [0.5, 0.6) is 5.88 Å². The van der Waals surface area contributed by atoms with Crippen molar-refractivity contribution in [3.8, 4) is 5.88 Å². The van der Waals surface area contributed by atoms with Gasteiger partial charge in [0.15, 0.2) is 0 Å². The molecular weight excluding hydrogens is 286 g/mol.